The van der Waals surface area contributed by atoms with E-state index in [1.165, 1.54) is 11.0 Å². The van der Waals surface area contributed by atoms with Gasteiger partial charge in [-0.3, -0.25) is 34.4 Å². The van der Waals surface area contributed by atoms with Gasteiger partial charge in [-0.15, -0.1) is 0 Å². The molecule has 182 valence electrons. The van der Waals surface area contributed by atoms with Crippen LogP contribution in [0.15, 0.2) is 59.0 Å². The van der Waals surface area contributed by atoms with Crippen LogP contribution in [-0.2, 0) is 25.7 Å². The summed E-state index contributed by atoms with van der Waals surface area (Å²) in [6.07, 6.45) is 4.78. The van der Waals surface area contributed by atoms with E-state index >= 15 is 0 Å². The number of likely N-dealkylation sites (N-methyl/N-ethyl adjacent to an activating group) is 1. The van der Waals surface area contributed by atoms with Gasteiger partial charge in [0.05, 0.1) is 6.54 Å². The van der Waals surface area contributed by atoms with Crippen LogP contribution in [-0.4, -0.2) is 61.6 Å². The van der Waals surface area contributed by atoms with Gasteiger partial charge in [0.15, 0.2) is 0 Å². The summed E-state index contributed by atoms with van der Waals surface area (Å²) < 4.78 is 5.42. The van der Waals surface area contributed by atoms with Crippen molar-refractivity contribution < 1.29 is 23.7 Å². The Balaban J connectivity index is 1.31. The molecule has 1 aromatic carbocycles. The minimum absolute atomic E-state index is 0.0608. The second-order valence-electron chi connectivity index (χ2n) is 8.70. The summed E-state index contributed by atoms with van der Waals surface area (Å²) in [5.74, 6) is -1.65. The molecule has 11 heteroatoms. The van der Waals surface area contributed by atoms with Gasteiger partial charge in [0, 0.05) is 37.5 Å². The van der Waals surface area contributed by atoms with Crippen LogP contribution in [0.2, 0.25) is 0 Å². The Morgan fingerprint density at radius 2 is 1.83 bits per heavy atom. The average Bonchev–Trinajstić information content (AvgIpc) is 3.43. The Labute approximate surface area is 205 Å². The third kappa shape index (κ3) is 4.38. The number of nitrogens with zero attached hydrogens (tertiary/aromatic N) is 5. The number of rotatable bonds is 6. The SMILES string of the molecule is Cc1cc(-c2ccncc2)cc(-c2noc(CN(C)C3=CC(=O)N(C4CCC(=O)NC4=O)C3=O)n2)c1. The lowest BCUT2D eigenvalue weighted by molar-refractivity contribution is -0.150. The quantitative estimate of drug-likeness (QED) is 0.515. The Kier molecular flexibility index (Phi) is 5.88. The van der Waals surface area contributed by atoms with Crippen LogP contribution >= 0.6 is 0 Å². The van der Waals surface area contributed by atoms with Crippen molar-refractivity contribution in [3.05, 3.63) is 66.0 Å². The molecule has 4 heterocycles. The minimum atomic E-state index is -1.02. The lowest BCUT2D eigenvalue weighted by Crippen LogP contribution is -2.54. The van der Waals surface area contributed by atoms with Crippen LogP contribution in [0.5, 0.6) is 0 Å². The van der Waals surface area contributed by atoms with Gasteiger partial charge in [-0.1, -0.05) is 11.2 Å². The molecule has 0 aliphatic carbocycles. The maximum atomic E-state index is 13.0. The topological polar surface area (TPSA) is 139 Å². The first-order chi connectivity index (χ1) is 17.3. The zero-order chi connectivity index (χ0) is 25.4. The van der Waals surface area contributed by atoms with Crippen molar-refractivity contribution in [2.75, 3.05) is 7.05 Å². The average molecular weight is 486 g/mol. The van der Waals surface area contributed by atoms with E-state index in [2.05, 4.69) is 26.5 Å². The van der Waals surface area contributed by atoms with Gasteiger partial charge in [-0.2, -0.15) is 4.98 Å². The molecule has 0 spiro atoms. The number of hydrogen-bond donors (Lipinski definition) is 1. The number of carbonyl (C=O) groups is 4. The van der Waals surface area contributed by atoms with Crippen molar-refractivity contribution in [2.24, 2.45) is 0 Å². The van der Waals surface area contributed by atoms with Gasteiger partial charge < -0.3 is 9.42 Å². The van der Waals surface area contributed by atoms with E-state index in [9.17, 15) is 19.2 Å². The summed E-state index contributed by atoms with van der Waals surface area (Å²) in [5.41, 5.74) is 3.89. The molecule has 4 amide bonds. The van der Waals surface area contributed by atoms with E-state index in [1.807, 2.05) is 31.2 Å². The van der Waals surface area contributed by atoms with Crippen molar-refractivity contribution in [3.63, 3.8) is 0 Å². The fourth-order valence-corrected chi connectivity index (χ4v) is 4.32. The second kappa shape index (κ2) is 9.17. The predicted octanol–water partition coefficient (Wildman–Crippen LogP) is 1.60. The molecule has 0 bridgehead atoms. The highest BCUT2D eigenvalue weighted by molar-refractivity contribution is 6.18. The predicted molar refractivity (Wildman–Crippen MR) is 125 cm³/mol. The number of hydrogen-bond acceptors (Lipinski definition) is 9. The number of amides is 4. The van der Waals surface area contributed by atoms with Crippen LogP contribution in [0.3, 0.4) is 0 Å². The first-order valence-corrected chi connectivity index (χ1v) is 11.3. The van der Waals surface area contributed by atoms with Gasteiger partial charge in [0.2, 0.25) is 23.5 Å². The fourth-order valence-electron chi connectivity index (χ4n) is 4.32. The largest absolute Gasteiger partial charge is 0.361 e. The van der Waals surface area contributed by atoms with Crippen LogP contribution < -0.4 is 5.32 Å². The summed E-state index contributed by atoms with van der Waals surface area (Å²) in [6.45, 7) is 2.05. The molecular formula is C25H22N6O5. The first-order valence-electron chi connectivity index (χ1n) is 11.3. The van der Waals surface area contributed by atoms with Crippen molar-refractivity contribution >= 4 is 23.6 Å². The maximum Gasteiger partial charge on any atom is 0.277 e. The van der Waals surface area contributed by atoms with Crippen molar-refractivity contribution in [2.45, 2.75) is 32.4 Å². The van der Waals surface area contributed by atoms with Crippen molar-refractivity contribution in [1.82, 2.24) is 30.2 Å². The van der Waals surface area contributed by atoms with E-state index in [4.69, 9.17) is 4.52 Å². The lowest BCUT2D eigenvalue weighted by Gasteiger charge is -2.29. The molecule has 1 fully saturated rings. The molecule has 0 radical (unpaired) electrons. The number of pyridine rings is 1. The molecule has 36 heavy (non-hydrogen) atoms. The summed E-state index contributed by atoms with van der Waals surface area (Å²) in [5, 5.41) is 6.26. The second-order valence-corrected chi connectivity index (χ2v) is 8.70. The van der Waals surface area contributed by atoms with E-state index in [0.717, 1.165) is 27.2 Å². The third-order valence-electron chi connectivity index (χ3n) is 6.06. The van der Waals surface area contributed by atoms with Gasteiger partial charge in [-0.25, -0.2) is 0 Å². The number of nitrogens with one attached hydrogen (secondary N) is 1. The Morgan fingerprint density at radius 1 is 1.08 bits per heavy atom. The molecule has 0 saturated carbocycles. The Hall–Kier alpha value is -4.67. The first kappa shape index (κ1) is 23.1. The fraction of sp³-hybridized carbons (Fsp3) is 0.240. The molecular weight excluding hydrogens is 464 g/mol. The third-order valence-corrected chi connectivity index (χ3v) is 6.06. The lowest BCUT2D eigenvalue weighted by atomic mass is 10.0. The maximum absolute atomic E-state index is 13.0. The Morgan fingerprint density at radius 3 is 2.58 bits per heavy atom. The van der Waals surface area contributed by atoms with Crippen LogP contribution in [0.25, 0.3) is 22.5 Å². The number of imide groups is 2. The molecule has 2 aliphatic rings. The van der Waals surface area contributed by atoms with Gasteiger partial charge >= 0.3 is 0 Å². The van der Waals surface area contributed by atoms with E-state index < -0.39 is 29.7 Å². The highest BCUT2D eigenvalue weighted by Gasteiger charge is 2.43. The van der Waals surface area contributed by atoms with Crippen LogP contribution in [0.1, 0.15) is 24.3 Å². The zero-order valence-corrected chi connectivity index (χ0v) is 19.6. The van der Waals surface area contributed by atoms with E-state index in [1.54, 1.807) is 19.4 Å². The molecule has 1 atom stereocenters. The normalized spacial score (nSPS) is 17.9. The van der Waals surface area contributed by atoms with Crippen molar-refractivity contribution in [3.8, 4) is 22.5 Å². The van der Waals surface area contributed by atoms with Gasteiger partial charge in [0.25, 0.3) is 11.8 Å². The molecule has 2 aliphatic heterocycles. The number of aryl methyl sites for hydroxylation is 1. The molecule has 1 N–H and O–H groups in total. The highest BCUT2D eigenvalue weighted by Crippen LogP contribution is 2.27. The van der Waals surface area contributed by atoms with Gasteiger partial charge in [-0.05, 0) is 54.3 Å². The zero-order valence-electron chi connectivity index (χ0n) is 19.6. The molecule has 5 rings (SSSR count). The standard InChI is InChI=1S/C25H22N6O5/c1-14-9-16(15-5-7-26-8-6-15)11-17(10-14)23-28-21(36-29-23)13-30(2)19-12-22(33)31(25(19)35)18-3-4-20(32)27-24(18)34/h5-12,18H,3-4,13H2,1-2H3,(H,27,32,34). The van der Waals surface area contributed by atoms with Gasteiger partial charge in [0.1, 0.15) is 11.7 Å². The highest BCUT2D eigenvalue weighted by atomic mass is 16.5. The van der Waals surface area contributed by atoms with Crippen LogP contribution in [0, 0.1) is 6.92 Å². The molecule has 2 aromatic heterocycles. The number of piperidine rings is 1. The smallest absolute Gasteiger partial charge is 0.277 e. The molecule has 11 nitrogen and oxygen atoms in total. The van der Waals surface area contributed by atoms with Crippen molar-refractivity contribution in [1.29, 1.82) is 0 Å². The number of benzene rings is 1. The summed E-state index contributed by atoms with van der Waals surface area (Å²) >= 11 is 0. The molecule has 3 aromatic rings. The van der Waals surface area contributed by atoms with E-state index in [0.29, 0.717) is 5.82 Å². The summed E-state index contributed by atoms with van der Waals surface area (Å²) in [4.78, 5) is 60.0. The number of aromatic nitrogens is 3. The monoisotopic (exact) mass is 486 g/mol. The van der Waals surface area contributed by atoms with E-state index in [-0.39, 0.29) is 31.0 Å². The summed E-state index contributed by atoms with van der Waals surface area (Å²) in [7, 11) is 1.61. The molecule has 1 unspecified atom stereocenters. The number of carbonyl (C=O) groups excluding carboxylic acids is 4. The van der Waals surface area contributed by atoms with Crippen LogP contribution in [0.4, 0.5) is 0 Å². The summed E-state index contributed by atoms with van der Waals surface area (Å²) in [6, 6.07) is 8.78. The molecule has 1 saturated heterocycles. The Bertz CT molecular complexity index is 1410. The minimum Gasteiger partial charge on any atom is -0.361 e.